The van der Waals surface area contributed by atoms with Crippen molar-refractivity contribution in [3.8, 4) is 0 Å². The van der Waals surface area contributed by atoms with E-state index in [1.807, 2.05) is 43.3 Å². The lowest BCUT2D eigenvalue weighted by Gasteiger charge is -2.29. The predicted molar refractivity (Wildman–Crippen MR) is 149 cm³/mol. The van der Waals surface area contributed by atoms with E-state index < -0.39 is 0 Å². The summed E-state index contributed by atoms with van der Waals surface area (Å²) >= 11 is 6.64. The fraction of sp³-hybridized carbons (Fsp3) is 0.464. The first-order valence-corrected chi connectivity index (χ1v) is 13.5. The van der Waals surface area contributed by atoms with E-state index in [4.69, 9.17) is 16.7 Å². The van der Waals surface area contributed by atoms with Crippen LogP contribution in [0.15, 0.2) is 42.5 Å². The largest absolute Gasteiger partial charge is 0.395 e. The quantitative estimate of drug-likeness (QED) is 0.560. The first-order valence-electron chi connectivity index (χ1n) is 13.1. The first-order chi connectivity index (χ1) is 18.3. The number of aliphatic hydroxyl groups excluding tert-OH is 1. The Labute approximate surface area is 228 Å². The van der Waals surface area contributed by atoms with E-state index in [2.05, 4.69) is 10.2 Å². The van der Waals surface area contributed by atoms with Gasteiger partial charge in [-0.25, -0.2) is 4.79 Å². The molecule has 0 aromatic heterocycles. The van der Waals surface area contributed by atoms with E-state index in [1.165, 1.54) is 4.90 Å². The van der Waals surface area contributed by atoms with Crippen molar-refractivity contribution >= 4 is 40.8 Å². The highest BCUT2D eigenvalue weighted by Gasteiger charge is 2.32. The Balaban J connectivity index is 1.49. The van der Waals surface area contributed by atoms with E-state index >= 15 is 0 Å². The molecule has 0 radical (unpaired) electrons. The van der Waals surface area contributed by atoms with Crippen LogP contribution in [0.3, 0.4) is 0 Å². The number of carbonyl (C=O) groups is 3. The molecule has 1 saturated heterocycles. The summed E-state index contributed by atoms with van der Waals surface area (Å²) in [6.07, 6.45) is 2.45. The van der Waals surface area contributed by atoms with Gasteiger partial charge in [-0.3, -0.25) is 9.59 Å². The summed E-state index contributed by atoms with van der Waals surface area (Å²) in [7, 11) is 1.62. The van der Waals surface area contributed by atoms with Gasteiger partial charge < -0.3 is 30.0 Å². The average molecular weight is 542 g/mol. The number of carbonyl (C=O) groups excluding carboxylic acids is 3. The van der Waals surface area contributed by atoms with Gasteiger partial charge in [-0.2, -0.15) is 0 Å². The molecule has 4 rings (SSSR count). The standard InChI is InChI=1S/C28H36ClN5O4/c1-20-18-34(27(37)23-10-9-22(17-24(23)29)32-13-5-6-14-32)25-8-4-3-7-21(25)19-33(20)28(38)30-12-11-26(36)31(2)15-16-35/h3-4,7-10,17,20,35H,5-6,11-16,18-19H2,1-2H3,(H,30,38)/t20-/m1/s1. The molecule has 2 aromatic carbocycles. The van der Waals surface area contributed by atoms with Crippen molar-refractivity contribution < 1.29 is 19.5 Å². The van der Waals surface area contributed by atoms with Crippen molar-refractivity contribution in [2.24, 2.45) is 0 Å². The van der Waals surface area contributed by atoms with Crippen molar-refractivity contribution in [3.63, 3.8) is 0 Å². The van der Waals surface area contributed by atoms with Crippen LogP contribution in [0.25, 0.3) is 0 Å². The van der Waals surface area contributed by atoms with Gasteiger partial charge in [0.25, 0.3) is 5.91 Å². The Bertz CT molecular complexity index is 1170. The number of nitrogens with zero attached hydrogens (tertiary/aromatic N) is 4. The second-order valence-corrected chi connectivity index (χ2v) is 10.3. The molecule has 9 nitrogen and oxygen atoms in total. The lowest BCUT2D eigenvalue weighted by molar-refractivity contribution is -0.130. The molecular formula is C28H36ClN5O4. The number of para-hydroxylation sites is 1. The van der Waals surface area contributed by atoms with Gasteiger partial charge in [0.2, 0.25) is 5.91 Å². The van der Waals surface area contributed by atoms with Gasteiger partial charge in [0.15, 0.2) is 0 Å². The van der Waals surface area contributed by atoms with Crippen molar-refractivity contribution in [3.05, 3.63) is 58.6 Å². The average Bonchev–Trinajstić information content (AvgIpc) is 3.40. The lowest BCUT2D eigenvalue weighted by atomic mass is 10.1. The molecule has 10 heteroatoms. The zero-order valence-corrected chi connectivity index (χ0v) is 22.8. The Hall–Kier alpha value is -3.30. The second-order valence-electron chi connectivity index (χ2n) is 9.90. The maximum absolute atomic E-state index is 13.8. The molecular weight excluding hydrogens is 506 g/mol. The van der Waals surface area contributed by atoms with Crippen LogP contribution in [0.2, 0.25) is 5.02 Å². The van der Waals surface area contributed by atoms with Crippen molar-refractivity contribution in [1.29, 1.82) is 0 Å². The smallest absolute Gasteiger partial charge is 0.318 e. The van der Waals surface area contributed by atoms with Gasteiger partial charge in [0.1, 0.15) is 0 Å². The van der Waals surface area contributed by atoms with E-state index in [0.717, 1.165) is 42.9 Å². The highest BCUT2D eigenvalue weighted by atomic mass is 35.5. The summed E-state index contributed by atoms with van der Waals surface area (Å²) in [6, 6.07) is 12.6. The van der Waals surface area contributed by atoms with E-state index in [1.54, 1.807) is 22.9 Å². The first kappa shape index (κ1) is 27.7. The highest BCUT2D eigenvalue weighted by Crippen LogP contribution is 2.32. The van der Waals surface area contributed by atoms with Gasteiger partial charge in [0.05, 0.1) is 17.2 Å². The predicted octanol–water partition coefficient (Wildman–Crippen LogP) is 3.34. The summed E-state index contributed by atoms with van der Waals surface area (Å²) in [5.41, 5.74) is 3.06. The van der Waals surface area contributed by atoms with Crippen LogP contribution in [0, 0.1) is 0 Å². The number of benzene rings is 2. The fourth-order valence-corrected chi connectivity index (χ4v) is 5.27. The van der Waals surface area contributed by atoms with Crippen LogP contribution in [-0.4, -0.2) is 85.2 Å². The normalized spacial score (nSPS) is 17.2. The molecule has 0 saturated carbocycles. The van der Waals surface area contributed by atoms with Gasteiger partial charge in [-0.1, -0.05) is 29.8 Å². The summed E-state index contributed by atoms with van der Waals surface area (Å²) in [5.74, 6) is -0.361. The van der Waals surface area contributed by atoms with Crippen molar-refractivity contribution in [2.75, 3.05) is 56.2 Å². The maximum Gasteiger partial charge on any atom is 0.318 e. The van der Waals surface area contributed by atoms with Crippen LogP contribution < -0.4 is 15.1 Å². The number of fused-ring (bicyclic) bond motifs is 1. The van der Waals surface area contributed by atoms with Crippen LogP contribution in [-0.2, 0) is 11.3 Å². The third-order valence-corrected chi connectivity index (χ3v) is 7.55. The molecule has 2 aliphatic rings. The number of hydrogen-bond acceptors (Lipinski definition) is 5. The molecule has 0 spiro atoms. The maximum atomic E-state index is 13.8. The molecule has 1 fully saturated rings. The summed E-state index contributed by atoms with van der Waals surface area (Å²) in [5, 5.41) is 12.3. The third kappa shape index (κ3) is 6.22. The van der Waals surface area contributed by atoms with Crippen LogP contribution in [0.4, 0.5) is 16.2 Å². The van der Waals surface area contributed by atoms with Crippen LogP contribution in [0.5, 0.6) is 0 Å². The van der Waals surface area contributed by atoms with Crippen LogP contribution >= 0.6 is 11.6 Å². The van der Waals surface area contributed by atoms with Gasteiger partial charge in [-0.15, -0.1) is 0 Å². The topological polar surface area (TPSA) is 96.4 Å². The Morgan fingerprint density at radius 3 is 2.58 bits per heavy atom. The number of likely N-dealkylation sites (N-methyl/N-ethyl adjacent to an activating group) is 1. The van der Waals surface area contributed by atoms with E-state index in [9.17, 15) is 14.4 Å². The molecule has 2 aromatic rings. The number of urea groups is 1. The summed E-state index contributed by atoms with van der Waals surface area (Å²) in [6.45, 7) is 4.84. The number of anilines is 2. The number of rotatable bonds is 7. The number of halogens is 1. The minimum absolute atomic E-state index is 0.109. The fourth-order valence-electron chi connectivity index (χ4n) is 5.01. The molecule has 0 aliphatic carbocycles. The molecule has 4 amide bonds. The molecule has 2 aliphatic heterocycles. The molecule has 1 atom stereocenters. The summed E-state index contributed by atoms with van der Waals surface area (Å²) < 4.78 is 0. The zero-order valence-electron chi connectivity index (χ0n) is 22.0. The van der Waals surface area contributed by atoms with Crippen molar-refractivity contribution in [2.45, 2.75) is 38.8 Å². The lowest BCUT2D eigenvalue weighted by Crippen LogP contribution is -2.48. The molecule has 0 bridgehead atoms. The minimum atomic E-state index is -0.299. The molecule has 2 heterocycles. The van der Waals surface area contributed by atoms with Gasteiger partial charge in [0, 0.05) is 70.2 Å². The SMILES string of the molecule is C[C@@H]1CN(C(=O)c2ccc(N3CCCC3)cc2Cl)c2ccccc2CN1C(=O)NCCC(=O)N(C)CCO. The highest BCUT2D eigenvalue weighted by molar-refractivity contribution is 6.35. The molecule has 204 valence electrons. The number of amides is 4. The summed E-state index contributed by atoms with van der Waals surface area (Å²) in [4.78, 5) is 46.2. The molecule has 38 heavy (non-hydrogen) atoms. The number of nitrogens with one attached hydrogen (secondary N) is 1. The van der Waals surface area contributed by atoms with Gasteiger partial charge in [-0.05, 0) is 49.6 Å². The van der Waals surface area contributed by atoms with Crippen molar-refractivity contribution in [1.82, 2.24) is 15.1 Å². The number of hydrogen-bond donors (Lipinski definition) is 2. The van der Waals surface area contributed by atoms with E-state index in [0.29, 0.717) is 23.7 Å². The Morgan fingerprint density at radius 1 is 1.13 bits per heavy atom. The Morgan fingerprint density at radius 2 is 1.87 bits per heavy atom. The molecule has 0 unspecified atom stereocenters. The molecule has 2 N–H and O–H groups in total. The Kier molecular flexibility index (Phi) is 9.12. The minimum Gasteiger partial charge on any atom is -0.395 e. The van der Waals surface area contributed by atoms with E-state index in [-0.39, 0.29) is 50.0 Å². The second kappa shape index (κ2) is 12.5. The van der Waals surface area contributed by atoms with Crippen LogP contribution in [0.1, 0.15) is 42.1 Å². The zero-order chi connectivity index (χ0) is 27.2. The third-order valence-electron chi connectivity index (χ3n) is 7.24. The monoisotopic (exact) mass is 541 g/mol. The van der Waals surface area contributed by atoms with Gasteiger partial charge >= 0.3 is 6.03 Å². The number of aliphatic hydroxyl groups is 1.